The molecule has 0 saturated heterocycles. The summed E-state index contributed by atoms with van der Waals surface area (Å²) >= 11 is 5.99. The summed E-state index contributed by atoms with van der Waals surface area (Å²) < 4.78 is 7.03. The Hall–Kier alpha value is -1.39. The van der Waals surface area contributed by atoms with Gasteiger partial charge in [-0.2, -0.15) is 4.57 Å². The van der Waals surface area contributed by atoms with Crippen LogP contribution in [0.2, 0.25) is 5.02 Å². The lowest BCUT2D eigenvalue weighted by Crippen LogP contribution is -3.00. The zero-order valence-electron chi connectivity index (χ0n) is 11.8. The fourth-order valence-corrected chi connectivity index (χ4v) is 2.23. The number of pyridine rings is 1. The van der Waals surface area contributed by atoms with E-state index in [0.717, 1.165) is 11.3 Å². The molecular formula is C16H17BrClNO2. The van der Waals surface area contributed by atoms with Crippen LogP contribution in [0.1, 0.15) is 18.2 Å². The summed E-state index contributed by atoms with van der Waals surface area (Å²) in [6.07, 6.45) is 2.23. The molecule has 5 heteroatoms. The summed E-state index contributed by atoms with van der Waals surface area (Å²) in [6.45, 7) is 2.89. The van der Waals surface area contributed by atoms with Gasteiger partial charge in [0.2, 0.25) is 0 Å². The van der Waals surface area contributed by atoms with Gasteiger partial charge < -0.3 is 21.7 Å². The lowest BCUT2D eigenvalue weighted by atomic mass is 10.2. The van der Waals surface area contributed by atoms with Gasteiger partial charge in [0.05, 0.1) is 6.61 Å². The van der Waals surface area contributed by atoms with Crippen LogP contribution in [0.5, 0.6) is 0 Å². The van der Waals surface area contributed by atoms with Crippen molar-refractivity contribution in [3.8, 4) is 0 Å². The van der Waals surface area contributed by atoms with Crippen molar-refractivity contribution < 1.29 is 31.1 Å². The second-order valence-corrected chi connectivity index (χ2v) is 4.87. The first-order valence-corrected chi connectivity index (χ1v) is 6.94. The number of halogens is 2. The number of carbonyl (C=O) groups excluding carboxylic acids is 1. The van der Waals surface area contributed by atoms with E-state index in [0.29, 0.717) is 18.2 Å². The number of hydrogen-bond donors (Lipinski definition) is 0. The van der Waals surface area contributed by atoms with Crippen LogP contribution >= 0.6 is 11.6 Å². The van der Waals surface area contributed by atoms with Crippen LogP contribution in [-0.2, 0) is 22.5 Å². The van der Waals surface area contributed by atoms with Gasteiger partial charge in [0.15, 0.2) is 18.4 Å². The third-order valence-corrected chi connectivity index (χ3v) is 3.14. The third-order valence-electron chi connectivity index (χ3n) is 2.91. The molecule has 1 aromatic heterocycles. The Morgan fingerprint density at radius 1 is 1.24 bits per heavy atom. The second-order valence-electron chi connectivity index (χ2n) is 4.43. The standard InChI is InChI=1S/C16H17ClNO2.BrH/c1-2-20-16(19)11-15-8-3-4-9-18(15)12-13-6-5-7-14(17)10-13;/h3-10H,2,11-12H2,1H3;1H/q+1;/p-1. The predicted molar refractivity (Wildman–Crippen MR) is 77.5 cm³/mol. The average molecular weight is 371 g/mol. The number of ether oxygens (including phenoxy) is 1. The van der Waals surface area contributed by atoms with Gasteiger partial charge in [0.1, 0.15) is 6.42 Å². The number of hydrogen-bond acceptors (Lipinski definition) is 2. The molecule has 0 radical (unpaired) electrons. The van der Waals surface area contributed by atoms with Crippen LogP contribution in [-0.4, -0.2) is 12.6 Å². The molecule has 21 heavy (non-hydrogen) atoms. The zero-order chi connectivity index (χ0) is 14.4. The highest BCUT2D eigenvalue weighted by Crippen LogP contribution is 2.10. The SMILES string of the molecule is CCOC(=O)Cc1cccc[n+]1Cc1cccc(Cl)c1.[Br-]. The fourth-order valence-electron chi connectivity index (χ4n) is 2.02. The number of nitrogens with zero attached hydrogens (tertiary/aromatic N) is 1. The fraction of sp³-hybridized carbons (Fsp3) is 0.250. The molecule has 0 aliphatic rings. The summed E-state index contributed by atoms with van der Waals surface area (Å²) in [5.74, 6) is -0.210. The van der Waals surface area contributed by atoms with Crippen molar-refractivity contribution in [1.29, 1.82) is 0 Å². The molecule has 0 aliphatic heterocycles. The Morgan fingerprint density at radius 3 is 2.76 bits per heavy atom. The Balaban J connectivity index is 0.00000220. The maximum atomic E-state index is 11.6. The minimum atomic E-state index is -0.210. The van der Waals surface area contributed by atoms with Crippen molar-refractivity contribution in [2.45, 2.75) is 19.9 Å². The second kappa shape index (κ2) is 8.80. The summed E-state index contributed by atoms with van der Waals surface area (Å²) in [5, 5.41) is 0.714. The molecule has 0 saturated carbocycles. The molecule has 0 bridgehead atoms. The highest BCUT2D eigenvalue weighted by Gasteiger charge is 2.15. The van der Waals surface area contributed by atoms with Crippen LogP contribution in [0.15, 0.2) is 48.7 Å². The Bertz CT molecular complexity index is 604. The van der Waals surface area contributed by atoms with Crippen molar-refractivity contribution in [2.24, 2.45) is 0 Å². The lowest BCUT2D eigenvalue weighted by molar-refractivity contribution is -0.695. The van der Waals surface area contributed by atoms with Gasteiger partial charge in [0.25, 0.3) is 0 Å². The minimum absolute atomic E-state index is 0. The van der Waals surface area contributed by atoms with Gasteiger partial charge in [-0.05, 0) is 19.1 Å². The molecule has 0 fully saturated rings. The van der Waals surface area contributed by atoms with E-state index in [9.17, 15) is 4.79 Å². The van der Waals surface area contributed by atoms with Gasteiger partial charge in [-0.15, -0.1) is 0 Å². The van der Waals surface area contributed by atoms with Crippen molar-refractivity contribution in [1.82, 2.24) is 0 Å². The molecule has 0 atom stereocenters. The Labute approximate surface area is 140 Å². The van der Waals surface area contributed by atoms with Crippen LogP contribution < -0.4 is 21.5 Å². The zero-order valence-corrected chi connectivity index (χ0v) is 14.1. The van der Waals surface area contributed by atoms with E-state index in [2.05, 4.69) is 0 Å². The highest BCUT2D eigenvalue weighted by molar-refractivity contribution is 6.30. The van der Waals surface area contributed by atoms with E-state index in [-0.39, 0.29) is 29.4 Å². The van der Waals surface area contributed by atoms with E-state index in [1.807, 2.05) is 60.2 Å². The van der Waals surface area contributed by atoms with Crippen molar-refractivity contribution in [3.05, 3.63) is 64.9 Å². The van der Waals surface area contributed by atoms with E-state index < -0.39 is 0 Å². The summed E-state index contributed by atoms with van der Waals surface area (Å²) in [7, 11) is 0. The van der Waals surface area contributed by atoms with E-state index in [1.54, 1.807) is 0 Å². The smallest absolute Gasteiger partial charge is 0.316 e. The predicted octanol–water partition coefficient (Wildman–Crippen LogP) is -0.215. The van der Waals surface area contributed by atoms with E-state index in [1.165, 1.54) is 0 Å². The molecule has 112 valence electrons. The quantitative estimate of drug-likeness (QED) is 0.538. The van der Waals surface area contributed by atoms with Crippen LogP contribution in [0.4, 0.5) is 0 Å². The summed E-state index contributed by atoms with van der Waals surface area (Å²) in [6, 6.07) is 13.5. The molecule has 0 amide bonds. The van der Waals surface area contributed by atoms with Gasteiger partial charge in [-0.3, -0.25) is 4.79 Å². The normalized spacial score (nSPS) is 9.81. The Morgan fingerprint density at radius 2 is 2.05 bits per heavy atom. The molecular weight excluding hydrogens is 354 g/mol. The maximum absolute atomic E-state index is 11.6. The van der Waals surface area contributed by atoms with E-state index in [4.69, 9.17) is 16.3 Å². The molecule has 0 N–H and O–H groups in total. The molecule has 3 nitrogen and oxygen atoms in total. The lowest BCUT2D eigenvalue weighted by Gasteiger charge is -2.04. The van der Waals surface area contributed by atoms with Crippen molar-refractivity contribution in [2.75, 3.05) is 6.61 Å². The molecule has 0 aliphatic carbocycles. The molecule has 0 unspecified atom stereocenters. The topological polar surface area (TPSA) is 30.2 Å². The van der Waals surface area contributed by atoms with Gasteiger partial charge in [-0.1, -0.05) is 29.8 Å². The van der Waals surface area contributed by atoms with Crippen molar-refractivity contribution in [3.63, 3.8) is 0 Å². The maximum Gasteiger partial charge on any atom is 0.316 e. The van der Waals surface area contributed by atoms with Gasteiger partial charge in [-0.25, -0.2) is 0 Å². The highest BCUT2D eigenvalue weighted by atomic mass is 79.9. The van der Waals surface area contributed by atoms with Gasteiger partial charge in [0, 0.05) is 22.7 Å². The average Bonchev–Trinajstić information content (AvgIpc) is 2.41. The summed E-state index contributed by atoms with van der Waals surface area (Å²) in [5.41, 5.74) is 2.02. The van der Waals surface area contributed by atoms with E-state index >= 15 is 0 Å². The number of esters is 1. The first-order chi connectivity index (χ1) is 9.69. The van der Waals surface area contributed by atoms with Crippen LogP contribution in [0, 0.1) is 0 Å². The number of benzene rings is 1. The summed E-state index contributed by atoms with van der Waals surface area (Å²) in [4.78, 5) is 11.6. The number of rotatable bonds is 5. The monoisotopic (exact) mass is 369 g/mol. The van der Waals surface area contributed by atoms with Crippen LogP contribution in [0.25, 0.3) is 0 Å². The third kappa shape index (κ3) is 5.48. The minimum Gasteiger partial charge on any atom is -1.00 e. The molecule has 1 heterocycles. The molecule has 2 aromatic rings. The number of aromatic nitrogens is 1. The molecule has 0 spiro atoms. The van der Waals surface area contributed by atoms with Crippen LogP contribution in [0.3, 0.4) is 0 Å². The van der Waals surface area contributed by atoms with Crippen molar-refractivity contribution >= 4 is 17.6 Å². The molecule has 2 rings (SSSR count). The molecule has 1 aromatic carbocycles. The first kappa shape index (κ1) is 17.7. The van der Waals surface area contributed by atoms with Gasteiger partial charge >= 0.3 is 5.97 Å². The number of carbonyl (C=O) groups is 1. The largest absolute Gasteiger partial charge is 1.00 e. The first-order valence-electron chi connectivity index (χ1n) is 6.56. The Kier molecular flexibility index (Phi) is 7.40.